The van der Waals surface area contributed by atoms with E-state index in [0.717, 1.165) is 29.8 Å². The Morgan fingerprint density at radius 1 is 0.789 bits per heavy atom. The van der Waals surface area contributed by atoms with Gasteiger partial charge in [0.1, 0.15) is 12.1 Å². The van der Waals surface area contributed by atoms with E-state index in [2.05, 4.69) is 45.2 Å². The van der Waals surface area contributed by atoms with Crippen molar-refractivity contribution in [1.29, 1.82) is 0 Å². The van der Waals surface area contributed by atoms with E-state index in [0.29, 0.717) is 0 Å². The highest BCUT2D eigenvalue weighted by Crippen LogP contribution is 2.30. The molecule has 4 rings (SSSR count). The van der Waals surface area contributed by atoms with Crippen LogP contribution in [0.2, 0.25) is 0 Å². The van der Waals surface area contributed by atoms with Crippen molar-refractivity contribution in [3.05, 3.63) is 66.0 Å². The molecule has 1 aliphatic heterocycles. The molecule has 2 heterocycles. The molecule has 0 atom stereocenters. The molecule has 3 aromatic rings. The first-order chi connectivity index (χ1) is 9.42. The summed E-state index contributed by atoms with van der Waals surface area (Å²) in [6, 6.07) is 16.8. The van der Waals surface area contributed by atoms with Gasteiger partial charge >= 0.3 is 0 Å². The number of benzene rings is 2. The lowest BCUT2D eigenvalue weighted by Gasteiger charge is -2.17. The van der Waals surface area contributed by atoms with Crippen LogP contribution in [0.15, 0.2) is 54.9 Å². The van der Waals surface area contributed by atoms with E-state index in [1.165, 1.54) is 11.1 Å². The Morgan fingerprint density at radius 2 is 1.47 bits per heavy atom. The van der Waals surface area contributed by atoms with Gasteiger partial charge in [-0.25, -0.2) is 9.97 Å². The molecule has 0 amide bonds. The molecule has 0 saturated heterocycles. The Bertz CT molecular complexity index is 721. The molecule has 0 bridgehead atoms. The number of para-hydroxylation sites is 1. The number of hydrogen-bond donors (Lipinski definition) is 0. The highest BCUT2D eigenvalue weighted by molar-refractivity contribution is 5.89. The molecule has 3 heteroatoms. The minimum Gasteiger partial charge on any atom is -0.347 e. The number of rotatable bonds is 1. The maximum atomic E-state index is 4.49. The first kappa shape index (κ1) is 10.5. The summed E-state index contributed by atoms with van der Waals surface area (Å²) in [6.45, 7) is 1.86. The number of nitrogens with zero attached hydrogens (tertiary/aromatic N) is 3. The lowest BCUT2D eigenvalue weighted by Crippen LogP contribution is -2.16. The molecule has 1 aromatic heterocycles. The van der Waals surface area contributed by atoms with E-state index >= 15 is 0 Å². The first-order valence-corrected chi connectivity index (χ1v) is 6.43. The Labute approximate surface area is 111 Å². The number of fused-ring (bicyclic) bond motifs is 2. The number of aromatic nitrogens is 2. The minimum absolute atomic E-state index is 0.928. The van der Waals surface area contributed by atoms with Crippen LogP contribution in [-0.2, 0) is 13.1 Å². The van der Waals surface area contributed by atoms with Crippen molar-refractivity contribution >= 4 is 16.7 Å². The van der Waals surface area contributed by atoms with E-state index in [-0.39, 0.29) is 0 Å². The molecule has 0 saturated carbocycles. The molecule has 19 heavy (non-hydrogen) atoms. The zero-order valence-electron chi connectivity index (χ0n) is 10.5. The van der Waals surface area contributed by atoms with Crippen molar-refractivity contribution in [2.45, 2.75) is 13.1 Å². The fourth-order valence-electron chi connectivity index (χ4n) is 2.73. The van der Waals surface area contributed by atoms with E-state index in [1.54, 1.807) is 6.33 Å². The predicted molar refractivity (Wildman–Crippen MR) is 75.9 cm³/mol. The monoisotopic (exact) mass is 247 g/mol. The van der Waals surface area contributed by atoms with Crippen LogP contribution in [0.25, 0.3) is 10.9 Å². The van der Waals surface area contributed by atoms with Gasteiger partial charge in [0.2, 0.25) is 0 Å². The average Bonchev–Trinajstić information content (AvgIpc) is 2.90. The summed E-state index contributed by atoms with van der Waals surface area (Å²) in [7, 11) is 0. The predicted octanol–water partition coefficient (Wildman–Crippen LogP) is 3.15. The molecule has 0 unspecified atom stereocenters. The summed E-state index contributed by atoms with van der Waals surface area (Å²) in [5, 5.41) is 1.12. The lowest BCUT2D eigenvalue weighted by atomic mass is 10.1. The van der Waals surface area contributed by atoms with Gasteiger partial charge in [0.15, 0.2) is 0 Å². The van der Waals surface area contributed by atoms with Gasteiger partial charge in [-0.1, -0.05) is 36.4 Å². The summed E-state index contributed by atoms with van der Waals surface area (Å²) in [6.07, 6.45) is 1.65. The van der Waals surface area contributed by atoms with Crippen LogP contribution in [0, 0.1) is 0 Å². The van der Waals surface area contributed by atoms with Crippen molar-refractivity contribution in [3.63, 3.8) is 0 Å². The second-order valence-electron chi connectivity index (χ2n) is 4.84. The largest absolute Gasteiger partial charge is 0.347 e. The first-order valence-electron chi connectivity index (χ1n) is 6.43. The van der Waals surface area contributed by atoms with Crippen LogP contribution < -0.4 is 4.90 Å². The molecule has 92 valence electrons. The second kappa shape index (κ2) is 4.05. The third-order valence-corrected chi connectivity index (χ3v) is 3.66. The van der Waals surface area contributed by atoms with Crippen molar-refractivity contribution in [3.8, 4) is 0 Å². The van der Waals surface area contributed by atoms with Gasteiger partial charge in [-0.15, -0.1) is 0 Å². The number of anilines is 1. The van der Waals surface area contributed by atoms with Crippen molar-refractivity contribution < 1.29 is 0 Å². The summed E-state index contributed by atoms with van der Waals surface area (Å²) in [4.78, 5) is 11.1. The van der Waals surface area contributed by atoms with Crippen LogP contribution in [0.5, 0.6) is 0 Å². The molecule has 2 aromatic carbocycles. The van der Waals surface area contributed by atoms with Crippen molar-refractivity contribution in [2.24, 2.45) is 0 Å². The van der Waals surface area contributed by atoms with E-state index in [9.17, 15) is 0 Å². The van der Waals surface area contributed by atoms with E-state index in [1.807, 2.05) is 18.2 Å². The summed E-state index contributed by atoms with van der Waals surface area (Å²) >= 11 is 0. The molecule has 0 radical (unpaired) electrons. The van der Waals surface area contributed by atoms with Gasteiger partial charge in [-0.2, -0.15) is 0 Å². The summed E-state index contributed by atoms with van der Waals surface area (Å²) in [5.41, 5.74) is 3.79. The van der Waals surface area contributed by atoms with Gasteiger partial charge in [-0.3, -0.25) is 0 Å². The molecular weight excluding hydrogens is 234 g/mol. The Kier molecular flexibility index (Phi) is 2.24. The van der Waals surface area contributed by atoms with Crippen LogP contribution in [-0.4, -0.2) is 9.97 Å². The van der Waals surface area contributed by atoms with Gasteiger partial charge in [-0.05, 0) is 23.3 Å². The molecule has 0 fully saturated rings. The SMILES string of the molecule is c1ccc2c(c1)CN(c1ncnc3ccccc13)C2. The lowest BCUT2D eigenvalue weighted by molar-refractivity contribution is 0.859. The third kappa shape index (κ3) is 1.66. The van der Waals surface area contributed by atoms with E-state index in [4.69, 9.17) is 0 Å². The fraction of sp³-hybridized carbons (Fsp3) is 0.125. The normalized spacial score (nSPS) is 13.8. The highest BCUT2D eigenvalue weighted by Gasteiger charge is 2.21. The molecule has 0 spiro atoms. The summed E-state index contributed by atoms with van der Waals surface area (Å²) in [5.74, 6) is 1.03. The second-order valence-corrected chi connectivity index (χ2v) is 4.84. The van der Waals surface area contributed by atoms with Gasteiger partial charge < -0.3 is 4.90 Å². The molecule has 3 nitrogen and oxygen atoms in total. The van der Waals surface area contributed by atoms with Crippen LogP contribution >= 0.6 is 0 Å². The smallest absolute Gasteiger partial charge is 0.140 e. The maximum Gasteiger partial charge on any atom is 0.140 e. The molecule has 0 aliphatic carbocycles. The quantitative estimate of drug-likeness (QED) is 0.661. The fourth-order valence-corrected chi connectivity index (χ4v) is 2.73. The van der Waals surface area contributed by atoms with E-state index < -0.39 is 0 Å². The van der Waals surface area contributed by atoms with Crippen LogP contribution in [0.1, 0.15) is 11.1 Å². The van der Waals surface area contributed by atoms with Crippen molar-refractivity contribution in [1.82, 2.24) is 9.97 Å². The van der Waals surface area contributed by atoms with Gasteiger partial charge in [0.05, 0.1) is 5.52 Å². The average molecular weight is 247 g/mol. The topological polar surface area (TPSA) is 29.0 Å². The standard InChI is InChI=1S/C16H13N3/c1-2-6-13-10-19(9-12(13)5-1)16-14-7-3-4-8-15(14)17-11-18-16/h1-8,11H,9-10H2. The Balaban J connectivity index is 1.81. The summed E-state index contributed by atoms with van der Waals surface area (Å²) < 4.78 is 0. The highest BCUT2D eigenvalue weighted by atomic mass is 15.2. The third-order valence-electron chi connectivity index (χ3n) is 3.66. The zero-order valence-corrected chi connectivity index (χ0v) is 10.5. The van der Waals surface area contributed by atoms with Gasteiger partial charge in [0.25, 0.3) is 0 Å². The van der Waals surface area contributed by atoms with Crippen LogP contribution in [0.3, 0.4) is 0 Å². The van der Waals surface area contributed by atoms with Crippen LogP contribution in [0.4, 0.5) is 5.82 Å². The molecule has 0 N–H and O–H groups in total. The maximum absolute atomic E-state index is 4.49. The molecular formula is C16H13N3. The Hall–Kier alpha value is -2.42. The zero-order chi connectivity index (χ0) is 12.7. The number of hydrogen-bond acceptors (Lipinski definition) is 3. The van der Waals surface area contributed by atoms with Gasteiger partial charge in [0, 0.05) is 18.5 Å². The minimum atomic E-state index is 0.928. The molecule has 1 aliphatic rings. The van der Waals surface area contributed by atoms with Crippen molar-refractivity contribution in [2.75, 3.05) is 4.90 Å². The Morgan fingerprint density at radius 3 is 2.26 bits per heavy atom.